The topological polar surface area (TPSA) is 53.2 Å². The van der Waals surface area contributed by atoms with Crippen LogP contribution in [0.1, 0.15) is 6.92 Å². The first-order valence-corrected chi connectivity index (χ1v) is 6.65. The van der Waals surface area contributed by atoms with Crippen LogP contribution in [0.25, 0.3) is 0 Å². The van der Waals surface area contributed by atoms with Crippen LogP contribution in [0, 0.1) is 5.82 Å². The van der Waals surface area contributed by atoms with Gasteiger partial charge in [0.15, 0.2) is 5.11 Å². The number of para-hydroxylation sites is 2. The maximum atomic E-state index is 12.8. The quantitative estimate of drug-likeness (QED) is 0.759. The van der Waals surface area contributed by atoms with E-state index in [2.05, 4.69) is 16.0 Å². The van der Waals surface area contributed by atoms with Gasteiger partial charge in [-0.1, -0.05) is 12.1 Å². The lowest BCUT2D eigenvalue weighted by Gasteiger charge is -2.14. The van der Waals surface area contributed by atoms with Gasteiger partial charge in [0.05, 0.1) is 11.4 Å². The van der Waals surface area contributed by atoms with Gasteiger partial charge in [0.1, 0.15) is 5.82 Å². The SMILES string of the molecule is CC(=O)Nc1ccccc1NC(=S)Nc1ccc(F)cc1. The summed E-state index contributed by atoms with van der Waals surface area (Å²) in [5.41, 5.74) is 1.98. The van der Waals surface area contributed by atoms with E-state index in [1.165, 1.54) is 19.1 Å². The zero-order chi connectivity index (χ0) is 15.2. The Bertz CT molecular complexity index is 658. The molecule has 0 bridgehead atoms. The van der Waals surface area contributed by atoms with Gasteiger partial charge in [-0.25, -0.2) is 4.39 Å². The Morgan fingerprint density at radius 3 is 2.10 bits per heavy atom. The fourth-order valence-corrected chi connectivity index (χ4v) is 1.94. The summed E-state index contributed by atoms with van der Waals surface area (Å²) in [5, 5.41) is 8.99. The first kappa shape index (κ1) is 14.9. The van der Waals surface area contributed by atoms with Crippen LogP contribution in [-0.2, 0) is 4.79 Å². The van der Waals surface area contributed by atoms with Gasteiger partial charge in [-0.15, -0.1) is 0 Å². The number of amides is 1. The Morgan fingerprint density at radius 1 is 0.952 bits per heavy atom. The number of hydrogen-bond acceptors (Lipinski definition) is 2. The van der Waals surface area contributed by atoms with Crippen LogP contribution in [0.3, 0.4) is 0 Å². The summed E-state index contributed by atoms with van der Waals surface area (Å²) in [6.07, 6.45) is 0. The molecule has 0 atom stereocenters. The highest BCUT2D eigenvalue weighted by Crippen LogP contribution is 2.21. The van der Waals surface area contributed by atoms with Crippen molar-refractivity contribution in [1.82, 2.24) is 0 Å². The molecule has 0 aromatic heterocycles. The molecule has 4 nitrogen and oxygen atoms in total. The first-order valence-electron chi connectivity index (χ1n) is 6.25. The summed E-state index contributed by atoms with van der Waals surface area (Å²) in [6, 6.07) is 13.1. The van der Waals surface area contributed by atoms with Crippen molar-refractivity contribution < 1.29 is 9.18 Å². The maximum Gasteiger partial charge on any atom is 0.221 e. The molecule has 1 amide bonds. The van der Waals surface area contributed by atoms with E-state index in [-0.39, 0.29) is 11.7 Å². The largest absolute Gasteiger partial charge is 0.332 e. The standard InChI is InChI=1S/C15H14FN3OS/c1-10(20)17-13-4-2-3-5-14(13)19-15(21)18-12-8-6-11(16)7-9-12/h2-9H,1H3,(H,17,20)(H2,18,19,21). The third-order valence-electron chi connectivity index (χ3n) is 2.59. The smallest absolute Gasteiger partial charge is 0.221 e. The molecule has 0 aliphatic carbocycles. The van der Waals surface area contributed by atoms with Gasteiger partial charge in [-0.3, -0.25) is 4.79 Å². The lowest BCUT2D eigenvalue weighted by molar-refractivity contribution is -0.114. The average molecular weight is 303 g/mol. The van der Waals surface area contributed by atoms with Crippen LogP contribution < -0.4 is 16.0 Å². The van der Waals surface area contributed by atoms with Crippen molar-refractivity contribution in [2.75, 3.05) is 16.0 Å². The van der Waals surface area contributed by atoms with Crippen molar-refractivity contribution in [3.05, 3.63) is 54.3 Å². The molecule has 0 aliphatic rings. The molecule has 3 N–H and O–H groups in total. The van der Waals surface area contributed by atoms with Crippen molar-refractivity contribution in [3.8, 4) is 0 Å². The number of nitrogens with one attached hydrogen (secondary N) is 3. The van der Waals surface area contributed by atoms with Gasteiger partial charge in [0.2, 0.25) is 5.91 Å². The van der Waals surface area contributed by atoms with E-state index in [4.69, 9.17) is 12.2 Å². The lowest BCUT2D eigenvalue weighted by Crippen LogP contribution is -2.20. The summed E-state index contributed by atoms with van der Waals surface area (Å²) in [7, 11) is 0. The molecule has 2 aromatic rings. The minimum Gasteiger partial charge on any atom is -0.332 e. The van der Waals surface area contributed by atoms with Crippen molar-refractivity contribution in [2.45, 2.75) is 6.92 Å². The van der Waals surface area contributed by atoms with E-state index in [1.54, 1.807) is 24.3 Å². The predicted octanol–water partition coefficient (Wildman–Crippen LogP) is 3.59. The lowest BCUT2D eigenvalue weighted by atomic mass is 10.2. The van der Waals surface area contributed by atoms with Gasteiger partial charge in [0.25, 0.3) is 0 Å². The molecule has 0 saturated carbocycles. The van der Waals surface area contributed by atoms with Gasteiger partial charge in [-0.2, -0.15) is 0 Å². The van der Waals surface area contributed by atoms with Gasteiger partial charge in [-0.05, 0) is 48.6 Å². The van der Waals surface area contributed by atoms with Crippen LogP contribution in [-0.4, -0.2) is 11.0 Å². The molecule has 2 aromatic carbocycles. The molecule has 0 heterocycles. The Kier molecular flexibility index (Phi) is 4.84. The molecule has 0 radical (unpaired) electrons. The van der Waals surface area contributed by atoms with Gasteiger partial charge >= 0.3 is 0 Å². The Morgan fingerprint density at radius 2 is 1.52 bits per heavy atom. The van der Waals surface area contributed by atoms with Crippen molar-refractivity contribution in [1.29, 1.82) is 0 Å². The Balaban J connectivity index is 2.05. The molecule has 0 unspecified atom stereocenters. The van der Waals surface area contributed by atoms with Crippen molar-refractivity contribution >= 4 is 40.3 Å². The monoisotopic (exact) mass is 303 g/mol. The molecule has 21 heavy (non-hydrogen) atoms. The molecule has 0 fully saturated rings. The molecule has 6 heteroatoms. The second kappa shape index (κ2) is 6.81. The fourth-order valence-electron chi connectivity index (χ4n) is 1.71. The number of rotatable bonds is 3. The van der Waals surface area contributed by atoms with E-state index in [0.29, 0.717) is 22.2 Å². The molecule has 0 aliphatic heterocycles. The third-order valence-corrected chi connectivity index (χ3v) is 2.79. The highest BCUT2D eigenvalue weighted by atomic mass is 32.1. The molecular formula is C15H14FN3OS. The van der Waals surface area contributed by atoms with Crippen LogP contribution in [0.5, 0.6) is 0 Å². The van der Waals surface area contributed by atoms with Crippen LogP contribution >= 0.6 is 12.2 Å². The van der Waals surface area contributed by atoms with Crippen molar-refractivity contribution in [2.24, 2.45) is 0 Å². The maximum absolute atomic E-state index is 12.8. The zero-order valence-corrected chi connectivity index (χ0v) is 12.1. The van der Waals surface area contributed by atoms with E-state index >= 15 is 0 Å². The number of halogens is 1. The summed E-state index contributed by atoms with van der Waals surface area (Å²) in [4.78, 5) is 11.2. The summed E-state index contributed by atoms with van der Waals surface area (Å²) in [5.74, 6) is -0.475. The van der Waals surface area contributed by atoms with Crippen LogP contribution in [0.2, 0.25) is 0 Å². The molecule has 2 rings (SSSR count). The normalized spacial score (nSPS) is 9.81. The zero-order valence-electron chi connectivity index (χ0n) is 11.3. The second-order valence-electron chi connectivity index (χ2n) is 4.31. The Labute approximate surface area is 127 Å². The fraction of sp³-hybridized carbons (Fsp3) is 0.0667. The van der Waals surface area contributed by atoms with E-state index in [9.17, 15) is 9.18 Å². The number of carbonyl (C=O) groups is 1. The minimum absolute atomic E-state index is 0.165. The molecule has 108 valence electrons. The van der Waals surface area contributed by atoms with Gasteiger partial charge in [0, 0.05) is 12.6 Å². The molecular weight excluding hydrogens is 289 g/mol. The summed E-state index contributed by atoms with van der Waals surface area (Å²) < 4.78 is 12.8. The number of carbonyl (C=O) groups excluding carboxylic acids is 1. The minimum atomic E-state index is -0.310. The van der Waals surface area contributed by atoms with Gasteiger partial charge < -0.3 is 16.0 Å². The number of thiocarbonyl (C=S) groups is 1. The van der Waals surface area contributed by atoms with Crippen LogP contribution in [0.15, 0.2) is 48.5 Å². The summed E-state index contributed by atoms with van der Waals surface area (Å²) >= 11 is 5.20. The molecule has 0 saturated heterocycles. The van der Waals surface area contributed by atoms with E-state index < -0.39 is 0 Å². The van der Waals surface area contributed by atoms with Crippen molar-refractivity contribution in [3.63, 3.8) is 0 Å². The highest BCUT2D eigenvalue weighted by molar-refractivity contribution is 7.80. The Hall–Kier alpha value is -2.47. The molecule has 0 spiro atoms. The first-order chi connectivity index (χ1) is 10.0. The van der Waals surface area contributed by atoms with E-state index in [0.717, 1.165) is 0 Å². The highest BCUT2D eigenvalue weighted by Gasteiger charge is 2.05. The van der Waals surface area contributed by atoms with E-state index in [1.807, 2.05) is 12.1 Å². The number of anilines is 3. The van der Waals surface area contributed by atoms with Crippen LogP contribution in [0.4, 0.5) is 21.5 Å². The third kappa shape index (κ3) is 4.54. The summed E-state index contributed by atoms with van der Waals surface area (Å²) in [6.45, 7) is 1.44. The number of hydrogen-bond donors (Lipinski definition) is 3. The predicted molar refractivity (Wildman–Crippen MR) is 87.0 cm³/mol. The second-order valence-corrected chi connectivity index (χ2v) is 4.72. The number of benzene rings is 2. The average Bonchev–Trinajstić information content (AvgIpc) is 2.43.